The summed E-state index contributed by atoms with van der Waals surface area (Å²) in [4.78, 5) is 28.3. The van der Waals surface area contributed by atoms with Gasteiger partial charge in [0, 0.05) is 21.9 Å². The summed E-state index contributed by atoms with van der Waals surface area (Å²) < 4.78 is 29.4. The van der Waals surface area contributed by atoms with E-state index in [1.165, 1.54) is 17.8 Å². The Labute approximate surface area is 201 Å². The molecular weight excluding hydrogens is 458 g/mol. The molecule has 0 unspecified atom stereocenters. The minimum Gasteiger partial charge on any atom is -0.481 e. The van der Waals surface area contributed by atoms with Gasteiger partial charge in [0.25, 0.3) is 0 Å². The largest absolute Gasteiger partial charge is 0.481 e. The molecule has 3 fully saturated rings. The number of aromatic nitrogens is 4. The molecule has 0 saturated heterocycles. The van der Waals surface area contributed by atoms with Crippen molar-refractivity contribution in [2.45, 2.75) is 62.6 Å². The third-order valence-electron chi connectivity index (χ3n) is 7.14. The van der Waals surface area contributed by atoms with Crippen molar-refractivity contribution in [2.75, 3.05) is 0 Å². The molecule has 0 amide bonds. The van der Waals surface area contributed by atoms with Crippen molar-refractivity contribution in [3.63, 3.8) is 0 Å². The topological polar surface area (TPSA) is 91.8 Å². The van der Waals surface area contributed by atoms with Crippen LogP contribution in [0, 0.1) is 35.3 Å². The molecule has 3 aliphatic rings. The van der Waals surface area contributed by atoms with Crippen molar-refractivity contribution < 1.29 is 18.7 Å². The fraction of sp³-hybridized carbons (Fsp3) is 0.520. The van der Waals surface area contributed by atoms with Crippen molar-refractivity contribution in [2.24, 2.45) is 23.7 Å². The molecule has 3 saturated carbocycles. The van der Waals surface area contributed by atoms with E-state index in [9.17, 15) is 14.3 Å². The van der Waals surface area contributed by atoms with E-state index in [-0.39, 0.29) is 45.5 Å². The maximum absolute atomic E-state index is 15.8. The standard InChI is InChI=1S/C25H28F2N4O2S/c1-25(2,3)34-23-20(27)18(9-15-12-4-6-13(7-5-12)19(15)24(32)33)30-22(31-23)17-11-29-21-16(17)8-14(26)10-28-21/h8,10-13,15,19H,4-7,9H2,1-3H3,(H,28,29)(H,32,33)/t12?,13?,15-,19-/m0/s1. The van der Waals surface area contributed by atoms with Gasteiger partial charge in [-0.2, -0.15) is 0 Å². The van der Waals surface area contributed by atoms with Crippen LogP contribution < -0.4 is 0 Å². The van der Waals surface area contributed by atoms with Gasteiger partial charge in [-0.3, -0.25) is 4.79 Å². The van der Waals surface area contributed by atoms with E-state index in [0.29, 0.717) is 16.6 Å². The number of H-pyrrole nitrogens is 1. The third-order valence-corrected chi connectivity index (χ3v) is 8.21. The maximum Gasteiger partial charge on any atom is 0.307 e. The van der Waals surface area contributed by atoms with Crippen LogP contribution in [-0.2, 0) is 11.2 Å². The minimum absolute atomic E-state index is 0.142. The second-order valence-corrected chi connectivity index (χ2v) is 12.3. The SMILES string of the molecule is CC(C)(C)Sc1nc(-c2c[nH]c3ncc(F)cc23)nc(C[C@H]2C3CCC(CC3)[C@@H]2C(=O)O)c1F. The van der Waals surface area contributed by atoms with Gasteiger partial charge in [0.1, 0.15) is 16.5 Å². The van der Waals surface area contributed by atoms with E-state index in [0.717, 1.165) is 31.9 Å². The summed E-state index contributed by atoms with van der Waals surface area (Å²) in [5.41, 5.74) is 1.27. The molecule has 2 atom stereocenters. The number of thioether (sulfide) groups is 1. The van der Waals surface area contributed by atoms with Gasteiger partial charge < -0.3 is 10.1 Å². The quantitative estimate of drug-likeness (QED) is 0.346. The predicted octanol–water partition coefficient (Wildman–Crippen LogP) is 5.87. The smallest absolute Gasteiger partial charge is 0.307 e. The average Bonchev–Trinajstić information content (AvgIpc) is 3.19. The van der Waals surface area contributed by atoms with Crippen LogP contribution in [0.2, 0.25) is 0 Å². The monoisotopic (exact) mass is 486 g/mol. The molecule has 0 spiro atoms. The third kappa shape index (κ3) is 4.30. The van der Waals surface area contributed by atoms with Crippen LogP contribution in [0.3, 0.4) is 0 Å². The highest BCUT2D eigenvalue weighted by Gasteiger charge is 2.47. The van der Waals surface area contributed by atoms with Crippen molar-refractivity contribution in [1.82, 2.24) is 19.9 Å². The second-order valence-electron chi connectivity index (χ2n) is 10.5. The predicted molar refractivity (Wildman–Crippen MR) is 126 cm³/mol. The highest BCUT2D eigenvalue weighted by atomic mass is 32.2. The zero-order chi connectivity index (χ0) is 24.2. The van der Waals surface area contributed by atoms with Crippen LogP contribution in [0.1, 0.15) is 52.1 Å². The van der Waals surface area contributed by atoms with Gasteiger partial charge in [-0.05, 0) is 55.9 Å². The number of aromatic amines is 1. The molecule has 2 N–H and O–H groups in total. The van der Waals surface area contributed by atoms with E-state index >= 15 is 4.39 Å². The first-order valence-corrected chi connectivity index (χ1v) is 12.5. The summed E-state index contributed by atoms with van der Waals surface area (Å²) in [6.45, 7) is 5.93. The Balaban J connectivity index is 1.61. The number of hydrogen-bond donors (Lipinski definition) is 2. The first-order valence-electron chi connectivity index (χ1n) is 11.7. The maximum atomic E-state index is 15.8. The molecule has 34 heavy (non-hydrogen) atoms. The van der Waals surface area contributed by atoms with E-state index in [2.05, 4.69) is 19.9 Å². The Morgan fingerprint density at radius 1 is 1.18 bits per heavy atom. The molecule has 0 radical (unpaired) electrons. The van der Waals surface area contributed by atoms with Crippen LogP contribution in [0.4, 0.5) is 8.78 Å². The van der Waals surface area contributed by atoms with Gasteiger partial charge in [0.05, 0.1) is 17.8 Å². The lowest BCUT2D eigenvalue weighted by Gasteiger charge is -2.46. The average molecular weight is 487 g/mol. The molecule has 6 rings (SSSR count). The van der Waals surface area contributed by atoms with Gasteiger partial charge in [0.2, 0.25) is 0 Å². The van der Waals surface area contributed by atoms with Gasteiger partial charge in [-0.15, -0.1) is 0 Å². The number of nitrogens with one attached hydrogen (secondary N) is 1. The number of carboxylic acid groups (broad SMARTS) is 1. The Hall–Kier alpha value is -2.55. The normalized spacial score (nSPS) is 24.6. The van der Waals surface area contributed by atoms with Crippen molar-refractivity contribution in [3.8, 4) is 11.4 Å². The minimum atomic E-state index is -0.795. The summed E-state index contributed by atoms with van der Waals surface area (Å²) in [5.74, 6) is -1.71. The number of rotatable bonds is 5. The lowest BCUT2D eigenvalue weighted by Crippen LogP contribution is -2.45. The highest BCUT2D eigenvalue weighted by molar-refractivity contribution is 8.00. The van der Waals surface area contributed by atoms with E-state index < -0.39 is 23.5 Å². The zero-order valence-corrected chi connectivity index (χ0v) is 20.3. The zero-order valence-electron chi connectivity index (χ0n) is 19.4. The lowest BCUT2D eigenvalue weighted by atomic mass is 9.57. The molecule has 6 nitrogen and oxygen atoms in total. The molecule has 3 aromatic rings. The number of hydrogen-bond acceptors (Lipinski definition) is 5. The van der Waals surface area contributed by atoms with Crippen LogP contribution in [0.5, 0.6) is 0 Å². The van der Waals surface area contributed by atoms with E-state index in [1.807, 2.05) is 20.8 Å². The molecule has 2 bridgehead atoms. The van der Waals surface area contributed by atoms with Crippen LogP contribution in [-0.4, -0.2) is 35.8 Å². The van der Waals surface area contributed by atoms with E-state index in [4.69, 9.17) is 0 Å². The van der Waals surface area contributed by atoms with Gasteiger partial charge >= 0.3 is 5.97 Å². The molecule has 0 aromatic carbocycles. The highest BCUT2D eigenvalue weighted by Crippen LogP contribution is 2.50. The number of fused-ring (bicyclic) bond motifs is 4. The number of carbonyl (C=O) groups is 1. The summed E-state index contributed by atoms with van der Waals surface area (Å²) in [5, 5.41) is 10.7. The molecule has 3 aromatic heterocycles. The first-order chi connectivity index (χ1) is 16.1. The van der Waals surface area contributed by atoms with Crippen molar-refractivity contribution in [1.29, 1.82) is 0 Å². The van der Waals surface area contributed by atoms with Gasteiger partial charge in [-0.1, -0.05) is 32.5 Å². The fourth-order valence-electron chi connectivity index (χ4n) is 5.72. The Kier molecular flexibility index (Phi) is 5.86. The number of carboxylic acids is 1. The van der Waals surface area contributed by atoms with Crippen LogP contribution in [0.15, 0.2) is 23.5 Å². The van der Waals surface area contributed by atoms with Crippen molar-refractivity contribution >= 4 is 28.8 Å². The number of aliphatic carboxylic acids is 1. The summed E-state index contributed by atoms with van der Waals surface area (Å²) >= 11 is 1.30. The molecule has 3 aliphatic carbocycles. The molecular formula is C25H28F2N4O2S. The number of halogens is 2. The Bertz CT molecular complexity index is 1250. The molecule has 9 heteroatoms. The van der Waals surface area contributed by atoms with Gasteiger partial charge in [-0.25, -0.2) is 23.7 Å². The number of pyridine rings is 1. The molecule has 0 aliphatic heterocycles. The van der Waals surface area contributed by atoms with Gasteiger partial charge in [0.15, 0.2) is 11.6 Å². The first kappa shape index (κ1) is 23.2. The number of nitrogens with zero attached hydrogens (tertiary/aromatic N) is 3. The van der Waals surface area contributed by atoms with Crippen LogP contribution in [0.25, 0.3) is 22.4 Å². The summed E-state index contributed by atoms with van der Waals surface area (Å²) in [6, 6.07) is 1.36. The lowest BCUT2D eigenvalue weighted by molar-refractivity contribution is -0.152. The summed E-state index contributed by atoms with van der Waals surface area (Å²) in [7, 11) is 0. The fourth-order valence-corrected chi connectivity index (χ4v) is 6.64. The Morgan fingerprint density at radius 3 is 2.56 bits per heavy atom. The second kappa shape index (κ2) is 8.59. The van der Waals surface area contributed by atoms with Crippen molar-refractivity contribution in [3.05, 3.63) is 35.8 Å². The Morgan fingerprint density at radius 2 is 1.88 bits per heavy atom. The van der Waals surface area contributed by atoms with E-state index in [1.54, 1.807) is 6.20 Å². The molecule has 180 valence electrons. The molecule has 3 heterocycles. The summed E-state index contributed by atoms with van der Waals surface area (Å²) in [6.07, 6.45) is 6.85. The van der Waals surface area contributed by atoms with Crippen LogP contribution >= 0.6 is 11.8 Å².